The van der Waals surface area contributed by atoms with Crippen molar-refractivity contribution < 1.29 is 9.59 Å². The minimum Gasteiger partial charge on any atom is -0.357 e. The number of carbonyl (C=O) groups excluding carboxylic acids is 2. The van der Waals surface area contributed by atoms with Gasteiger partial charge in [0.1, 0.15) is 6.04 Å². The van der Waals surface area contributed by atoms with E-state index in [1.54, 1.807) is 11.9 Å². The zero-order valence-corrected chi connectivity index (χ0v) is 12.2. The van der Waals surface area contributed by atoms with E-state index in [0.29, 0.717) is 18.1 Å². The van der Waals surface area contributed by atoms with Crippen molar-refractivity contribution in [2.45, 2.75) is 31.7 Å². The Morgan fingerprint density at radius 3 is 2.80 bits per heavy atom. The number of amides is 2. The van der Waals surface area contributed by atoms with E-state index in [2.05, 4.69) is 15.5 Å². The Kier molecular flexibility index (Phi) is 3.56. The highest BCUT2D eigenvalue weighted by atomic mass is 32.1. The number of hydrogen-bond acceptors (Lipinski definition) is 6. The highest BCUT2D eigenvalue weighted by molar-refractivity contribution is 7.19. The molecule has 1 unspecified atom stereocenters. The highest BCUT2D eigenvalue weighted by Crippen LogP contribution is 2.33. The third kappa shape index (κ3) is 2.24. The van der Waals surface area contributed by atoms with Crippen LogP contribution in [0.4, 0.5) is 10.3 Å². The molecule has 3 heterocycles. The summed E-state index contributed by atoms with van der Waals surface area (Å²) in [6.45, 7) is 1.52. The minimum atomic E-state index is -0.171. The number of hydrogen-bond donors (Lipinski definition) is 1. The van der Waals surface area contributed by atoms with Gasteiger partial charge in [-0.15, -0.1) is 10.2 Å². The smallest absolute Gasteiger partial charge is 0.242 e. The maximum absolute atomic E-state index is 11.9. The molecule has 0 bridgehead atoms. The molecule has 1 aromatic heterocycles. The van der Waals surface area contributed by atoms with E-state index in [-0.39, 0.29) is 17.9 Å². The summed E-state index contributed by atoms with van der Waals surface area (Å²) in [6, 6.07) is -0.171. The van der Waals surface area contributed by atoms with Crippen LogP contribution >= 0.6 is 11.3 Å². The monoisotopic (exact) mass is 295 g/mol. The fourth-order valence-corrected chi connectivity index (χ4v) is 3.68. The van der Waals surface area contributed by atoms with Crippen LogP contribution in [0.15, 0.2) is 0 Å². The van der Waals surface area contributed by atoms with E-state index in [1.165, 1.54) is 11.3 Å². The third-order valence-electron chi connectivity index (χ3n) is 3.76. The molecule has 0 saturated carbocycles. The van der Waals surface area contributed by atoms with E-state index in [4.69, 9.17) is 0 Å². The van der Waals surface area contributed by atoms with Gasteiger partial charge in [0, 0.05) is 26.6 Å². The van der Waals surface area contributed by atoms with E-state index < -0.39 is 0 Å². The lowest BCUT2D eigenvalue weighted by atomic mass is 10.2. The first kappa shape index (κ1) is 13.3. The van der Waals surface area contributed by atoms with Gasteiger partial charge in [0.15, 0.2) is 0 Å². The molecule has 7 nitrogen and oxygen atoms in total. The molecular formula is C12H17N5O2S. The second-order valence-electron chi connectivity index (χ2n) is 4.98. The number of rotatable bonds is 3. The molecule has 2 fully saturated rings. The Balaban J connectivity index is 1.79. The quantitative estimate of drug-likeness (QED) is 0.872. The van der Waals surface area contributed by atoms with E-state index in [9.17, 15) is 9.59 Å². The molecule has 2 amide bonds. The van der Waals surface area contributed by atoms with Gasteiger partial charge < -0.3 is 10.2 Å². The predicted molar refractivity (Wildman–Crippen MR) is 75.9 cm³/mol. The Bertz CT molecular complexity index is 532. The number of anilines is 2. The van der Waals surface area contributed by atoms with Crippen LogP contribution in [0.1, 0.15) is 25.7 Å². The van der Waals surface area contributed by atoms with Crippen molar-refractivity contribution >= 4 is 33.4 Å². The molecular weight excluding hydrogens is 278 g/mol. The lowest BCUT2D eigenvalue weighted by molar-refractivity contribution is -0.121. The van der Waals surface area contributed by atoms with Crippen LogP contribution in [0.25, 0.3) is 0 Å². The third-order valence-corrected chi connectivity index (χ3v) is 4.74. The molecule has 0 radical (unpaired) electrons. The van der Waals surface area contributed by atoms with Crippen LogP contribution in [0, 0.1) is 0 Å². The van der Waals surface area contributed by atoms with Gasteiger partial charge in [-0.1, -0.05) is 11.3 Å². The largest absolute Gasteiger partial charge is 0.357 e. The number of carbonyl (C=O) groups is 2. The van der Waals surface area contributed by atoms with Gasteiger partial charge in [-0.3, -0.25) is 14.5 Å². The summed E-state index contributed by atoms with van der Waals surface area (Å²) in [4.78, 5) is 27.2. The van der Waals surface area contributed by atoms with Crippen molar-refractivity contribution in [3.8, 4) is 0 Å². The van der Waals surface area contributed by atoms with E-state index in [0.717, 1.165) is 30.9 Å². The summed E-state index contributed by atoms with van der Waals surface area (Å²) in [5.74, 6) is 0.119. The fourth-order valence-electron chi connectivity index (χ4n) is 2.72. The molecule has 0 aromatic carbocycles. The van der Waals surface area contributed by atoms with Gasteiger partial charge in [0.05, 0.1) is 0 Å². The number of nitrogens with zero attached hydrogens (tertiary/aromatic N) is 4. The zero-order chi connectivity index (χ0) is 14.1. The Hall–Kier alpha value is -1.70. The summed E-state index contributed by atoms with van der Waals surface area (Å²) in [7, 11) is 1.65. The number of nitrogens with one attached hydrogen (secondary N) is 1. The Labute approximate surface area is 121 Å². The minimum absolute atomic E-state index is 0.0106. The van der Waals surface area contributed by atoms with Crippen molar-refractivity contribution in [1.82, 2.24) is 15.5 Å². The lowest BCUT2D eigenvalue weighted by Gasteiger charge is -2.21. The molecule has 2 aliphatic heterocycles. The molecule has 108 valence electrons. The first-order chi connectivity index (χ1) is 9.70. The van der Waals surface area contributed by atoms with E-state index in [1.807, 2.05) is 4.90 Å². The van der Waals surface area contributed by atoms with Crippen LogP contribution in [0.5, 0.6) is 0 Å². The topological polar surface area (TPSA) is 78.4 Å². The van der Waals surface area contributed by atoms with Crippen molar-refractivity contribution in [3.05, 3.63) is 0 Å². The van der Waals surface area contributed by atoms with E-state index >= 15 is 0 Å². The Morgan fingerprint density at radius 2 is 2.10 bits per heavy atom. The maximum atomic E-state index is 11.9. The molecule has 1 aromatic rings. The molecule has 2 saturated heterocycles. The van der Waals surface area contributed by atoms with Crippen molar-refractivity contribution in [3.63, 3.8) is 0 Å². The molecule has 1 N–H and O–H groups in total. The molecule has 0 aliphatic carbocycles. The van der Waals surface area contributed by atoms with Gasteiger partial charge in [0.25, 0.3) is 0 Å². The highest BCUT2D eigenvalue weighted by Gasteiger charge is 2.33. The van der Waals surface area contributed by atoms with Gasteiger partial charge in [-0.2, -0.15) is 0 Å². The summed E-state index contributed by atoms with van der Waals surface area (Å²) in [5.41, 5.74) is 0. The first-order valence-electron chi connectivity index (χ1n) is 6.83. The standard InChI is InChI=1S/C12H17N5O2S/c1-13-10(19)8-4-2-6-16(8)11-14-15-12(20-11)17-7-3-5-9(17)18/h8H,2-7H2,1H3,(H,13,19). The average molecular weight is 295 g/mol. The normalized spacial score (nSPS) is 22.6. The number of aromatic nitrogens is 2. The molecule has 2 aliphatic rings. The zero-order valence-electron chi connectivity index (χ0n) is 11.3. The predicted octanol–water partition coefficient (Wildman–Crippen LogP) is 0.380. The first-order valence-corrected chi connectivity index (χ1v) is 7.64. The molecule has 8 heteroatoms. The van der Waals surface area contributed by atoms with Gasteiger partial charge in [-0.05, 0) is 19.3 Å². The van der Waals surface area contributed by atoms with Gasteiger partial charge in [0.2, 0.25) is 22.1 Å². The molecule has 1 atom stereocenters. The number of likely N-dealkylation sites (N-methyl/N-ethyl adjacent to an activating group) is 1. The summed E-state index contributed by atoms with van der Waals surface area (Å²) < 4.78 is 0. The SMILES string of the molecule is CNC(=O)C1CCCN1c1nnc(N2CCCC2=O)s1. The molecule has 20 heavy (non-hydrogen) atoms. The summed E-state index contributed by atoms with van der Waals surface area (Å²) in [5, 5.41) is 12.3. The maximum Gasteiger partial charge on any atom is 0.242 e. The summed E-state index contributed by atoms with van der Waals surface area (Å²) >= 11 is 1.39. The van der Waals surface area contributed by atoms with Crippen LogP contribution < -0.4 is 15.1 Å². The Morgan fingerprint density at radius 1 is 1.30 bits per heavy atom. The van der Waals surface area contributed by atoms with Crippen LogP contribution in [-0.4, -0.2) is 48.2 Å². The van der Waals surface area contributed by atoms with Crippen molar-refractivity contribution in [2.75, 3.05) is 29.9 Å². The van der Waals surface area contributed by atoms with Gasteiger partial charge in [-0.25, -0.2) is 0 Å². The van der Waals surface area contributed by atoms with Crippen LogP contribution in [0.2, 0.25) is 0 Å². The molecule has 0 spiro atoms. The fraction of sp³-hybridized carbons (Fsp3) is 0.667. The lowest BCUT2D eigenvalue weighted by Crippen LogP contribution is -2.41. The van der Waals surface area contributed by atoms with Crippen LogP contribution in [-0.2, 0) is 9.59 Å². The second kappa shape index (κ2) is 5.35. The van der Waals surface area contributed by atoms with Crippen LogP contribution in [0.3, 0.4) is 0 Å². The second-order valence-corrected chi connectivity index (χ2v) is 5.92. The summed E-state index contributed by atoms with van der Waals surface area (Å²) in [6.07, 6.45) is 3.25. The average Bonchev–Trinajstić information content (AvgIpc) is 3.16. The van der Waals surface area contributed by atoms with Crippen molar-refractivity contribution in [2.24, 2.45) is 0 Å². The van der Waals surface area contributed by atoms with Crippen molar-refractivity contribution in [1.29, 1.82) is 0 Å². The van der Waals surface area contributed by atoms with Gasteiger partial charge >= 0.3 is 0 Å². The molecule has 3 rings (SSSR count).